The van der Waals surface area contributed by atoms with Gasteiger partial charge in [-0.3, -0.25) is 10.2 Å². The quantitative estimate of drug-likeness (QED) is 0.479. The number of nitrogen functional groups attached to an aromatic ring is 1. The van der Waals surface area contributed by atoms with Gasteiger partial charge in [0.15, 0.2) is 23.9 Å². The van der Waals surface area contributed by atoms with Crippen LogP contribution in [-0.4, -0.2) is 22.8 Å². The lowest BCUT2D eigenvalue weighted by atomic mass is 10.2. The number of nitrogens with two attached hydrogens (primary N) is 1. The Kier molecular flexibility index (Phi) is 4.21. The predicted octanol–water partition coefficient (Wildman–Crippen LogP) is 0.840. The average Bonchev–Trinajstić information content (AvgIpc) is 2.93. The lowest BCUT2D eigenvalue weighted by molar-refractivity contribution is 0.0946. The second-order valence-electron chi connectivity index (χ2n) is 4.14. The van der Waals surface area contributed by atoms with Crippen molar-refractivity contribution >= 4 is 5.91 Å². The number of ether oxygens (including phenoxy) is 2. The highest BCUT2D eigenvalue weighted by molar-refractivity contribution is 5.91. The van der Waals surface area contributed by atoms with E-state index in [2.05, 4.69) is 5.10 Å². The zero-order valence-electron chi connectivity index (χ0n) is 11.3. The third kappa shape index (κ3) is 3.07. The number of carbonyl (C=O) groups excluding carboxylic acids is 1. The molecule has 0 aliphatic rings. The van der Waals surface area contributed by atoms with E-state index in [1.807, 2.05) is 30.5 Å². The van der Waals surface area contributed by atoms with Crippen molar-refractivity contribution in [3.05, 3.63) is 41.7 Å². The summed E-state index contributed by atoms with van der Waals surface area (Å²) in [5.41, 5.74) is 3.32. The molecule has 3 N–H and O–H groups in total. The number of rotatable bonds is 5. The van der Waals surface area contributed by atoms with Crippen LogP contribution in [0.15, 0.2) is 30.5 Å². The van der Waals surface area contributed by atoms with Crippen molar-refractivity contribution in [1.29, 1.82) is 0 Å². The molecule has 0 atom stereocenters. The summed E-state index contributed by atoms with van der Waals surface area (Å²) in [7, 11) is 1.58. The van der Waals surface area contributed by atoms with Crippen molar-refractivity contribution in [2.75, 3.05) is 7.11 Å². The van der Waals surface area contributed by atoms with E-state index in [1.165, 1.54) is 4.68 Å². The number of methoxy groups -OCH3 is 1. The predicted molar refractivity (Wildman–Crippen MR) is 72.2 cm³/mol. The largest absolute Gasteiger partial charge is 0.493 e. The molecule has 1 aromatic heterocycles. The van der Waals surface area contributed by atoms with E-state index in [0.717, 1.165) is 5.56 Å². The first kappa shape index (κ1) is 13.9. The maximum atomic E-state index is 11.3. The maximum Gasteiger partial charge on any atom is 0.285 e. The van der Waals surface area contributed by atoms with Crippen LogP contribution in [0.25, 0.3) is 0 Å². The monoisotopic (exact) mass is 276 g/mol. The summed E-state index contributed by atoms with van der Waals surface area (Å²) >= 11 is 0. The minimum absolute atomic E-state index is 0.164. The number of benzene rings is 1. The van der Waals surface area contributed by atoms with E-state index in [1.54, 1.807) is 19.4 Å². The molecule has 1 heterocycles. The van der Waals surface area contributed by atoms with E-state index in [9.17, 15) is 4.79 Å². The first-order chi connectivity index (χ1) is 9.63. The highest BCUT2D eigenvalue weighted by Gasteiger charge is 2.08. The van der Waals surface area contributed by atoms with Crippen LogP contribution in [0.1, 0.15) is 16.1 Å². The summed E-state index contributed by atoms with van der Waals surface area (Å²) in [4.78, 5) is 11.3. The van der Waals surface area contributed by atoms with Gasteiger partial charge in [-0.05, 0) is 30.7 Å². The van der Waals surface area contributed by atoms with Gasteiger partial charge in [0.25, 0.3) is 5.91 Å². The third-order valence-electron chi connectivity index (χ3n) is 2.68. The van der Waals surface area contributed by atoms with Crippen LogP contribution in [0.2, 0.25) is 0 Å². The van der Waals surface area contributed by atoms with Gasteiger partial charge < -0.3 is 9.47 Å². The average molecular weight is 276 g/mol. The van der Waals surface area contributed by atoms with Gasteiger partial charge >= 0.3 is 0 Å². The molecule has 7 heteroatoms. The highest BCUT2D eigenvalue weighted by Crippen LogP contribution is 2.27. The number of aromatic nitrogens is 2. The molecule has 1 aromatic carbocycles. The van der Waals surface area contributed by atoms with Gasteiger partial charge in [0.05, 0.1) is 7.11 Å². The summed E-state index contributed by atoms with van der Waals surface area (Å²) in [6.07, 6.45) is 1.63. The summed E-state index contributed by atoms with van der Waals surface area (Å²) in [6, 6.07) is 7.18. The molecule has 7 nitrogen and oxygen atoms in total. The number of hydrazine groups is 1. The molecule has 0 unspecified atom stereocenters. The maximum absolute atomic E-state index is 11.3. The molecule has 0 radical (unpaired) electrons. The summed E-state index contributed by atoms with van der Waals surface area (Å²) in [6.45, 7) is 2.13. The van der Waals surface area contributed by atoms with Gasteiger partial charge in [-0.15, -0.1) is 0 Å². The van der Waals surface area contributed by atoms with Gasteiger partial charge in [0, 0.05) is 6.20 Å². The molecule has 0 bridgehead atoms. The zero-order valence-corrected chi connectivity index (χ0v) is 11.3. The summed E-state index contributed by atoms with van der Waals surface area (Å²) in [5, 5.41) is 4.03. The molecular formula is C13H16N4O3. The Morgan fingerprint density at radius 1 is 1.40 bits per heavy atom. The Morgan fingerprint density at radius 3 is 2.90 bits per heavy atom. The van der Waals surface area contributed by atoms with Crippen LogP contribution in [0.4, 0.5) is 0 Å². The Morgan fingerprint density at radius 2 is 2.20 bits per heavy atom. The van der Waals surface area contributed by atoms with Crippen molar-refractivity contribution in [3.8, 4) is 11.5 Å². The number of amides is 1. The Balaban J connectivity index is 2.05. The zero-order chi connectivity index (χ0) is 14.5. The number of hydrogen-bond acceptors (Lipinski definition) is 5. The molecule has 0 aliphatic carbocycles. The van der Waals surface area contributed by atoms with E-state index < -0.39 is 5.91 Å². The third-order valence-corrected chi connectivity index (χ3v) is 2.68. The van der Waals surface area contributed by atoms with Crippen LogP contribution in [0.3, 0.4) is 0 Å². The highest BCUT2D eigenvalue weighted by atomic mass is 16.5. The molecule has 2 aromatic rings. The molecule has 106 valence electrons. The molecule has 20 heavy (non-hydrogen) atoms. The number of carbonyl (C=O) groups is 1. The van der Waals surface area contributed by atoms with Crippen LogP contribution in [0, 0.1) is 6.92 Å². The Bertz CT molecular complexity index is 609. The van der Waals surface area contributed by atoms with Gasteiger partial charge in [-0.1, -0.05) is 6.07 Å². The topological polar surface area (TPSA) is 91.4 Å². The van der Waals surface area contributed by atoms with Crippen LogP contribution in [0.5, 0.6) is 11.5 Å². The number of hydrogen-bond donors (Lipinski definition) is 2. The van der Waals surface area contributed by atoms with Crippen LogP contribution < -0.4 is 20.7 Å². The van der Waals surface area contributed by atoms with Gasteiger partial charge in [0.1, 0.15) is 0 Å². The second kappa shape index (κ2) is 6.07. The Labute approximate surface area is 116 Å². The van der Waals surface area contributed by atoms with Gasteiger partial charge in [-0.2, -0.15) is 5.10 Å². The molecule has 1 amide bonds. The van der Waals surface area contributed by atoms with Crippen molar-refractivity contribution in [3.63, 3.8) is 0 Å². The smallest absolute Gasteiger partial charge is 0.285 e. The van der Waals surface area contributed by atoms with Gasteiger partial charge in [0.2, 0.25) is 0 Å². The van der Waals surface area contributed by atoms with Crippen molar-refractivity contribution in [1.82, 2.24) is 15.2 Å². The lowest BCUT2D eigenvalue weighted by Crippen LogP contribution is -2.30. The molecule has 0 spiro atoms. The van der Waals surface area contributed by atoms with E-state index in [0.29, 0.717) is 11.5 Å². The van der Waals surface area contributed by atoms with E-state index in [-0.39, 0.29) is 12.4 Å². The SMILES string of the molecule is COc1cc(C)ccc1OCn1ccc(C(=O)NN)n1. The van der Waals surface area contributed by atoms with E-state index in [4.69, 9.17) is 15.3 Å². The van der Waals surface area contributed by atoms with Crippen LogP contribution >= 0.6 is 0 Å². The van der Waals surface area contributed by atoms with Crippen molar-refractivity contribution in [2.45, 2.75) is 13.7 Å². The summed E-state index contributed by atoms with van der Waals surface area (Å²) < 4.78 is 12.3. The molecule has 0 saturated carbocycles. The van der Waals surface area contributed by atoms with Crippen molar-refractivity contribution in [2.24, 2.45) is 5.84 Å². The minimum atomic E-state index is -0.448. The standard InChI is InChI=1S/C13H16N4O3/c1-9-3-4-11(12(7-9)19-2)20-8-17-6-5-10(16-17)13(18)15-14/h3-7H,8,14H2,1-2H3,(H,15,18). The fourth-order valence-corrected chi connectivity index (χ4v) is 1.66. The molecule has 2 rings (SSSR count). The number of aryl methyl sites for hydroxylation is 1. The summed E-state index contributed by atoms with van der Waals surface area (Å²) in [5.74, 6) is 5.85. The fraction of sp³-hybridized carbons (Fsp3) is 0.231. The first-order valence-electron chi connectivity index (χ1n) is 5.96. The second-order valence-corrected chi connectivity index (χ2v) is 4.14. The van der Waals surface area contributed by atoms with Crippen LogP contribution in [-0.2, 0) is 6.73 Å². The minimum Gasteiger partial charge on any atom is -0.493 e. The molecule has 0 aliphatic heterocycles. The fourth-order valence-electron chi connectivity index (χ4n) is 1.66. The van der Waals surface area contributed by atoms with Gasteiger partial charge in [-0.25, -0.2) is 10.5 Å². The number of nitrogens with zero attached hydrogens (tertiary/aromatic N) is 2. The van der Waals surface area contributed by atoms with Crippen molar-refractivity contribution < 1.29 is 14.3 Å². The Hall–Kier alpha value is -2.54. The van der Waals surface area contributed by atoms with E-state index >= 15 is 0 Å². The molecule has 0 fully saturated rings. The molecular weight excluding hydrogens is 260 g/mol. The lowest BCUT2D eigenvalue weighted by Gasteiger charge is -2.11. The number of nitrogens with one attached hydrogen (secondary N) is 1. The normalized spacial score (nSPS) is 10.2. The first-order valence-corrected chi connectivity index (χ1v) is 5.96. The molecule has 0 saturated heterocycles.